The molecule has 37 heavy (non-hydrogen) atoms. The topological polar surface area (TPSA) is 104 Å². The van der Waals surface area contributed by atoms with Gasteiger partial charge in [-0.25, -0.2) is 14.1 Å². The van der Waals surface area contributed by atoms with Gasteiger partial charge in [0.25, 0.3) is 5.91 Å². The summed E-state index contributed by atoms with van der Waals surface area (Å²) in [6, 6.07) is 5.27. The predicted molar refractivity (Wildman–Crippen MR) is 133 cm³/mol. The van der Waals surface area contributed by atoms with Crippen molar-refractivity contribution in [3.05, 3.63) is 59.5 Å². The Balaban J connectivity index is 1.53. The number of hydrogen-bond donors (Lipinski definition) is 1. The molecular weight excluding hydrogens is 503 g/mol. The Hall–Kier alpha value is -4.12. The van der Waals surface area contributed by atoms with E-state index >= 15 is 0 Å². The van der Waals surface area contributed by atoms with Crippen LogP contribution in [0.15, 0.2) is 43.1 Å². The van der Waals surface area contributed by atoms with Gasteiger partial charge in [-0.15, -0.1) is 0 Å². The molecule has 1 atom stereocenters. The van der Waals surface area contributed by atoms with Gasteiger partial charge in [0.2, 0.25) is 5.91 Å². The molecule has 0 bridgehead atoms. The summed E-state index contributed by atoms with van der Waals surface area (Å²) in [5, 5.41) is 14.7. The smallest absolute Gasteiger partial charge is 0.261 e. The van der Waals surface area contributed by atoms with E-state index in [4.69, 9.17) is 16.3 Å². The van der Waals surface area contributed by atoms with Crippen LogP contribution in [0.25, 0.3) is 11.3 Å². The first-order valence-corrected chi connectivity index (χ1v) is 12.1. The molecule has 3 aliphatic rings. The van der Waals surface area contributed by atoms with Crippen molar-refractivity contribution in [1.82, 2.24) is 24.6 Å². The zero-order valence-corrected chi connectivity index (χ0v) is 20.4. The normalized spacial score (nSPS) is 18.6. The first kappa shape index (κ1) is 23.3. The van der Waals surface area contributed by atoms with Crippen LogP contribution in [-0.4, -0.2) is 80.3 Å². The quantitative estimate of drug-likeness (QED) is 0.525. The number of benzene rings is 1. The second kappa shape index (κ2) is 8.77. The second-order valence-corrected chi connectivity index (χ2v) is 9.33. The number of phenols is 1. The molecule has 1 fully saturated rings. The van der Waals surface area contributed by atoms with Crippen LogP contribution in [0, 0.1) is 5.82 Å². The lowest BCUT2D eigenvalue weighted by molar-refractivity contribution is -0.128. The number of carbonyl (C=O) groups excluding carboxylic acids is 2. The van der Waals surface area contributed by atoms with Crippen LogP contribution in [0.4, 0.5) is 16.0 Å². The summed E-state index contributed by atoms with van der Waals surface area (Å²) in [5.41, 5.74) is -0.0876. The summed E-state index contributed by atoms with van der Waals surface area (Å²) < 4.78 is 22.9. The zero-order valence-electron chi connectivity index (χ0n) is 19.6. The van der Waals surface area contributed by atoms with Crippen molar-refractivity contribution in [2.75, 3.05) is 37.7 Å². The second-order valence-electron chi connectivity index (χ2n) is 8.95. The van der Waals surface area contributed by atoms with Crippen LogP contribution in [0.3, 0.4) is 0 Å². The van der Waals surface area contributed by atoms with Crippen molar-refractivity contribution in [3.8, 4) is 22.8 Å². The molecular formula is C25H22ClFN6O4. The first-order valence-electron chi connectivity index (χ1n) is 11.7. The number of pyridine rings is 1. The van der Waals surface area contributed by atoms with Crippen molar-refractivity contribution in [1.29, 1.82) is 0 Å². The molecule has 12 heteroatoms. The summed E-state index contributed by atoms with van der Waals surface area (Å²) in [6.07, 6.45) is 2.89. The van der Waals surface area contributed by atoms with E-state index in [1.54, 1.807) is 26.7 Å². The molecule has 5 heterocycles. The Kier molecular flexibility index (Phi) is 5.52. The number of aromatic nitrogens is 3. The van der Waals surface area contributed by atoms with Gasteiger partial charge >= 0.3 is 0 Å². The summed E-state index contributed by atoms with van der Waals surface area (Å²) in [4.78, 5) is 36.0. The maximum atomic E-state index is 14.9. The van der Waals surface area contributed by atoms with Crippen LogP contribution >= 0.6 is 11.6 Å². The number of halogens is 2. The zero-order chi connectivity index (χ0) is 25.8. The average Bonchev–Trinajstić information content (AvgIpc) is 3.48. The van der Waals surface area contributed by atoms with Crippen LogP contribution < -0.4 is 9.64 Å². The molecule has 190 valence electrons. The number of aromatic hydroxyl groups is 1. The van der Waals surface area contributed by atoms with Gasteiger partial charge < -0.3 is 24.5 Å². The molecule has 1 aromatic carbocycles. The molecule has 2 aromatic heterocycles. The Labute approximate surface area is 216 Å². The number of nitrogens with zero attached hydrogens (tertiary/aromatic N) is 6. The fourth-order valence-electron chi connectivity index (χ4n) is 5.13. The molecule has 0 aliphatic carbocycles. The number of hydrogen-bond acceptors (Lipinski definition) is 7. The lowest BCUT2D eigenvalue weighted by atomic mass is 10.1. The number of piperazine rings is 1. The van der Waals surface area contributed by atoms with Crippen molar-refractivity contribution in [2.45, 2.75) is 12.6 Å². The minimum atomic E-state index is -0.720. The molecule has 0 saturated carbocycles. The standard InChI is InChI=1S/C25H22ClFN6O4/c1-2-18(35)30-8-9-31-14(12-30)13-37-23-20(25(31)36)24(32-10-11-33-17(32)6-7-28-33)29-22(21(23)26)19-15(27)4-3-5-16(19)34/h2-7,14,34H,1,8-13H2/t14-/m1/s1. The molecule has 0 radical (unpaired) electrons. The van der Waals surface area contributed by atoms with Crippen LogP contribution in [-0.2, 0) is 11.3 Å². The van der Waals surface area contributed by atoms with Crippen molar-refractivity contribution in [2.24, 2.45) is 0 Å². The molecule has 3 aromatic rings. The summed E-state index contributed by atoms with van der Waals surface area (Å²) in [6.45, 7) is 5.53. The minimum Gasteiger partial charge on any atom is -0.507 e. The highest BCUT2D eigenvalue weighted by Crippen LogP contribution is 2.47. The number of carbonyl (C=O) groups is 2. The third-order valence-corrected chi connectivity index (χ3v) is 7.28. The minimum absolute atomic E-state index is 0.0416. The molecule has 0 spiro atoms. The highest BCUT2D eigenvalue weighted by molar-refractivity contribution is 6.35. The lowest BCUT2D eigenvalue weighted by Gasteiger charge is -2.39. The molecule has 6 rings (SSSR count). The van der Waals surface area contributed by atoms with Gasteiger partial charge in [-0.1, -0.05) is 24.2 Å². The third kappa shape index (κ3) is 3.60. The number of phenolic OH excluding ortho intramolecular Hbond substituents is 1. The van der Waals surface area contributed by atoms with Gasteiger partial charge in [0.15, 0.2) is 11.6 Å². The molecule has 3 aliphatic heterocycles. The first-order chi connectivity index (χ1) is 17.9. The Morgan fingerprint density at radius 3 is 2.84 bits per heavy atom. The van der Waals surface area contributed by atoms with Crippen molar-refractivity contribution >= 4 is 35.1 Å². The van der Waals surface area contributed by atoms with Gasteiger partial charge in [0, 0.05) is 32.2 Å². The third-order valence-electron chi connectivity index (χ3n) is 6.93. The van der Waals surface area contributed by atoms with E-state index in [0.717, 1.165) is 0 Å². The van der Waals surface area contributed by atoms with E-state index in [1.807, 2.05) is 4.90 Å². The van der Waals surface area contributed by atoms with Crippen molar-refractivity contribution < 1.29 is 23.8 Å². The monoisotopic (exact) mass is 524 g/mol. The largest absolute Gasteiger partial charge is 0.507 e. The average molecular weight is 525 g/mol. The van der Waals surface area contributed by atoms with Gasteiger partial charge in [0.1, 0.15) is 40.3 Å². The van der Waals surface area contributed by atoms with E-state index in [9.17, 15) is 19.1 Å². The predicted octanol–water partition coefficient (Wildman–Crippen LogP) is 2.83. The molecule has 1 N–H and O–H groups in total. The van der Waals surface area contributed by atoms with Gasteiger partial charge in [-0.3, -0.25) is 9.59 Å². The summed E-state index contributed by atoms with van der Waals surface area (Å²) >= 11 is 6.75. The maximum Gasteiger partial charge on any atom is 0.261 e. The highest BCUT2D eigenvalue weighted by atomic mass is 35.5. The molecule has 10 nitrogen and oxygen atoms in total. The fraction of sp³-hybridized carbons (Fsp3) is 0.280. The van der Waals surface area contributed by atoms with Gasteiger partial charge in [-0.05, 0) is 18.2 Å². The van der Waals surface area contributed by atoms with Gasteiger partial charge in [-0.2, -0.15) is 5.10 Å². The molecule has 0 unspecified atom stereocenters. The highest BCUT2D eigenvalue weighted by Gasteiger charge is 2.41. The fourth-order valence-corrected chi connectivity index (χ4v) is 5.42. The molecule has 2 amide bonds. The van der Waals surface area contributed by atoms with Crippen molar-refractivity contribution in [3.63, 3.8) is 0 Å². The summed E-state index contributed by atoms with van der Waals surface area (Å²) in [5.74, 6) is -0.650. The Morgan fingerprint density at radius 2 is 2.05 bits per heavy atom. The van der Waals surface area contributed by atoms with E-state index in [0.29, 0.717) is 25.5 Å². The lowest BCUT2D eigenvalue weighted by Crippen LogP contribution is -2.57. The van der Waals surface area contributed by atoms with Crippen LogP contribution in [0.1, 0.15) is 10.4 Å². The maximum absolute atomic E-state index is 14.9. The summed E-state index contributed by atoms with van der Waals surface area (Å²) in [7, 11) is 0. The SMILES string of the molecule is C=CC(=O)N1CCN2C(=O)c3c(N4CCn5nccc54)nc(-c4c(O)cccc4F)c(Cl)c3OC[C@H]2C1. The Bertz CT molecular complexity index is 1440. The van der Waals surface area contributed by atoms with Gasteiger partial charge in [0.05, 0.1) is 24.3 Å². The number of rotatable bonds is 3. The van der Waals surface area contributed by atoms with E-state index in [2.05, 4.69) is 16.7 Å². The van der Waals surface area contributed by atoms with E-state index < -0.39 is 11.9 Å². The van der Waals surface area contributed by atoms with E-state index in [1.165, 1.54) is 24.3 Å². The number of anilines is 2. The Morgan fingerprint density at radius 1 is 1.22 bits per heavy atom. The number of ether oxygens (including phenoxy) is 1. The molecule has 1 saturated heterocycles. The number of amides is 2. The van der Waals surface area contributed by atoms with E-state index in [-0.39, 0.29) is 70.7 Å². The number of fused-ring (bicyclic) bond motifs is 3. The van der Waals surface area contributed by atoms with Crippen LogP contribution in [0.5, 0.6) is 11.5 Å². The van der Waals surface area contributed by atoms with Crippen LogP contribution in [0.2, 0.25) is 5.02 Å².